The number of benzene rings is 2. The molecule has 26 heavy (non-hydrogen) atoms. The molecule has 0 aliphatic rings. The predicted octanol–water partition coefficient (Wildman–Crippen LogP) is 4.30. The van der Waals surface area contributed by atoms with Crippen LogP contribution in [-0.2, 0) is 24.2 Å². The number of fused-ring (bicyclic) bond motifs is 1. The quantitative estimate of drug-likeness (QED) is 0.745. The molecule has 0 saturated heterocycles. The van der Waals surface area contributed by atoms with Crippen molar-refractivity contribution in [1.82, 2.24) is 14.9 Å². The third kappa shape index (κ3) is 4.63. The van der Waals surface area contributed by atoms with E-state index in [1.165, 1.54) is 5.56 Å². The van der Waals surface area contributed by atoms with Gasteiger partial charge in [-0.2, -0.15) is 0 Å². The van der Waals surface area contributed by atoms with Gasteiger partial charge in [-0.1, -0.05) is 42.5 Å². The average Bonchev–Trinajstić information content (AvgIpc) is 2.95. The van der Waals surface area contributed by atoms with Crippen LogP contribution in [0.4, 0.5) is 4.79 Å². The molecule has 1 heterocycles. The molecule has 0 radical (unpaired) electrons. The Hall–Kier alpha value is -2.82. The Balaban J connectivity index is 1.77. The molecule has 0 bridgehead atoms. The summed E-state index contributed by atoms with van der Waals surface area (Å²) in [6.07, 6.45) is 0.472. The van der Waals surface area contributed by atoms with Gasteiger partial charge >= 0.3 is 6.09 Å². The first kappa shape index (κ1) is 18.0. The van der Waals surface area contributed by atoms with Crippen LogP contribution >= 0.6 is 0 Å². The maximum atomic E-state index is 12.0. The Morgan fingerprint density at radius 2 is 1.77 bits per heavy atom. The molecule has 0 saturated carbocycles. The van der Waals surface area contributed by atoms with Gasteiger partial charge in [0.25, 0.3) is 0 Å². The SMILES string of the molecule is CC(C)(C)OC(=O)NCc1nc2ccccc2n1CCc1ccccc1. The van der Waals surface area contributed by atoms with Crippen molar-refractivity contribution in [2.75, 3.05) is 0 Å². The standard InChI is InChI=1S/C21H25N3O2/c1-21(2,3)26-20(25)22-15-19-23-17-11-7-8-12-18(17)24(19)14-13-16-9-5-4-6-10-16/h4-12H,13-15H2,1-3H3,(H,22,25). The molecule has 0 spiro atoms. The molecule has 0 fully saturated rings. The van der Waals surface area contributed by atoms with Crippen LogP contribution in [-0.4, -0.2) is 21.2 Å². The van der Waals surface area contributed by atoms with Gasteiger partial charge in [0.1, 0.15) is 11.4 Å². The fourth-order valence-corrected chi connectivity index (χ4v) is 2.86. The van der Waals surface area contributed by atoms with E-state index in [1.807, 2.05) is 57.2 Å². The highest BCUT2D eigenvalue weighted by atomic mass is 16.6. The Labute approximate surface area is 154 Å². The normalized spacial score (nSPS) is 11.5. The van der Waals surface area contributed by atoms with Crippen LogP contribution < -0.4 is 5.32 Å². The molecule has 3 aromatic rings. The van der Waals surface area contributed by atoms with Crippen molar-refractivity contribution < 1.29 is 9.53 Å². The van der Waals surface area contributed by atoms with Crippen molar-refractivity contribution >= 4 is 17.1 Å². The maximum absolute atomic E-state index is 12.0. The Bertz CT molecular complexity index is 879. The molecule has 0 aliphatic carbocycles. The lowest BCUT2D eigenvalue weighted by molar-refractivity contribution is 0.0521. The topological polar surface area (TPSA) is 56.1 Å². The molecule has 136 valence electrons. The first-order valence-electron chi connectivity index (χ1n) is 8.87. The first-order valence-corrected chi connectivity index (χ1v) is 8.87. The third-order valence-electron chi connectivity index (χ3n) is 3.99. The van der Waals surface area contributed by atoms with Crippen LogP contribution in [0.1, 0.15) is 32.2 Å². The molecule has 2 aromatic carbocycles. The molecule has 1 aromatic heterocycles. The Morgan fingerprint density at radius 1 is 1.08 bits per heavy atom. The van der Waals surface area contributed by atoms with E-state index >= 15 is 0 Å². The van der Waals surface area contributed by atoms with Crippen molar-refractivity contribution in [3.8, 4) is 0 Å². The number of rotatable bonds is 5. The number of hydrogen-bond donors (Lipinski definition) is 1. The van der Waals surface area contributed by atoms with Crippen LogP contribution in [0.2, 0.25) is 0 Å². The second-order valence-corrected chi connectivity index (χ2v) is 7.26. The third-order valence-corrected chi connectivity index (χ3v) is 3.99. The van der Waals surface area contributed by atoms with E-state index < -0.39 is 11.7 Å². The number of amides is 1. The van der Waals surface area contributed by atoms with Crippen molar-refractivity contribution in [3.63, 3.8) is 0 Å². The van der Waals surface area contributed by atoms with E-state index in [0.29, 0.717) is 6.54 Å². The summed E-state index contributed by atoms with van der Waals surface area (Å²) in [5.41, 5.74) is 2.76. The average molecular weight is 351 g/mol. The number of hydrogen-bond acceptors (Lipinski definition) is 3. The monoisotopic (exact) mass is 351 g/mol. The second kappa shape index (κ2) is 7.60. The number of imidazole rings is 1. The van der Waals surface area contributed by atoms with Crippen molar-refractivity contribution in [3.05, 3.63) is 66.0 Å². The lowest BCUT2D eigenvalue weighted by atomic mass is 10.1. The van der Waals surface area contributed by atoms with Crippen LogP contribution in [0.5, 0.6) is 0 Å². The zero-order valence-corrected chi connectivity index (χ0v) is 15.5. The van der Waals surface area contributed by atoms with Gasteiger partial charge in [-0.3, -0.25) is 0 Å². The molecule has 1 N–H and O–H groups in total. The van der Waals surface area contributed by atoms with Gasteiger partial charge in [0.15, 0.2) is 0 Å². The largest absolute Gasteiger partial charge is 0.444 e. The fourth-order valence-electron chi connectivity index (χ4n) is 2.86. The number of aromatic nitrogens is 2. The van der Waals surface area contributed by atoms with Gasteiger partial charge in [0.05, 0.1) is 17.6 Å². The predicted molar refractivity (Wildman–Crippen MR) is 103 cm³/mol. The number of alkyl carbamates (subject to hydrolysis) is 1. The molecule has 0 aliphatic heterocycles. The van der Waals surface area contributed by atoms with Gasteiger partial charge in [0.2, 0.25) is 0 Å². The van der Waals surface area contributed by atoms with Gasteiger partial charge in [0, 0.05) is 6.54 Å². The number of nitrogens with one attached hydrogen (secondary N) is 1. The molecule has 1 amide bonds. The number of nitrogens with zero attached hydrogens (tertiary/aromatic N) is 2. The summed E-state index contributed by atoms with van der Waals surface area (Å²) >= 11 is 0. The second-order valence-electron chi connectivity index (χ2n) is 7.26. The number of aryl methyl sites for hydroxylation is 2. The van der Waals surface area contributed by atoms with E-state index in [4.69, 9.17) is 4.74 Å². The zero-order chi connectivity index (χ0) is 18.6. The van der Waals surface area contributed by atoms with E-state index in [2.05, 4.69) is 33.1 Å². The summed E-state index contributed by atoms with van der Waals surface area (Å²) in [5.74, 6) is 0.827. The fraction of sp³-hybridized carbons (Fsp3) is 0.333. The highest BCUT2D eigenvalue weighted by Gasteiger charge is 2.17. The number of para-hydroxylation sites is 2. The summed E-state index contributed by atoms with van der Waals surface area (Å²) in [4.78, 5) is 16.7. The van der Waals surface area contributed by atoms with Crippen LogP contribution in [0.25, 0.3) is 11.0 Å². The minimum Gasteiger partial charge on any atom is -0.444 e. The summed E-state index contributed by atoms with van der Waals surface area (Å²) in [6.45, 7) is 6.68. The Morgan fingerprint density at radius 3 is 2.50 bits per heavy atom. The van der Waals surface area contributed by atoms with Crippen molar-refractivity contribution in [2.45, 2.75) is 45.9 Å². The van der Waals surface area contributed by atoms with Crippen molar-refractivity contribution in [2.24, 2.45) is 0 Å². The number of carbonyl (C=O) groups excluding carboxylic acids is 1. The van der Waals surface area contributed by atoms with Crippen LogP contribution in [0, 0.1) is 0 Å². The number of carbonyl (C=O) groups is 1. The minimum absolute atomic E-state index is 0.332. The number of ether oxygens (including phenoxy) is 1. The zero-order valence-electron chi connectivity index (χ0n) is 15.5. The molecule has 0 atom stereocenters. The van der Waals surface area contributed by atoms with Gasteiger partial charge in [-0.25, -0.2) is 9.78 Å². The highest BCUT2D eigenvalue weighted by molar-refractivity contribution is 5.76. The summed E-state index contributed by atoms with van der Waals surface area (Å²) in [5, 5.41) is 2.81. The molecule has 5 heteroatoms. The minimum atomic E-state index is -0.516. The molecule has 0 unspecified atom stereocenters. The van der Waals surface area contributed by atoms with Gasteiger partial charge in [-0.15, -0.1) is 0 Å². The van der Waals surface area contributed by atoms with E-state index in [0.717, 1.165) is 29.8 Å². The summed E-state index contributed by atoms with van der Waals surface area (Å²) in [7, 11) is 0. The molecule has 3 rings (SSSR count). The van der Waals surface area contributed by atoms with Gasteiger partial charge < -0.3 is 14.6 Å². The van der Waals surface area contributed by atoms with Gasteiger partial charge in [-0.05, 0) is 44.9 Å². The molecular formula is C21H25N3O2. The molecular weight excluding hydrogens is 326 g/mol. The summed E-state index contributed by atoms with van der Waals surface area (Å²) < 4.78 is 7.48. The van der Waals surface area contributed by atoms with E-state index in [1.54, 1.807) is 0 Å². The Kier molecular flexibility index (Phi) is 5.26. The van der Waals surface area contributed by atoms with Crippen molar-refractivity contribution in [1.29, 1.82) is 0 Å². The first-order chi connectivity index (χ1) is 12.4. The summed E-state index contributed by atoms with van der Waals surface area (Å²) in [6, 6.07) is 18.4. The van der Waals surface area contributed by atoms with Crippen LogP contribution in [0.15, 0.2) is 54.6 Å². The lowest BCUT2D eigenvalue weighted by Crippen LogP contribution is -2.32. The lowest BCUT2D eigenvalue weighted by Gasteiger charge is -2.19. The highest BCUT2D eigenvalue weighted by Crippen LogP contribution is 2.17. The molecule has 5 nitrogen and oxygen atoms in total. The van der Waals surface area contributed by atoms with E-state index in [9.17, 15) is 4.79 Å². The maximum Gasteiger partial charge on any atom is 0.408 e. The van der Waals surface area contributed by atoms with E-state index in [-0.39, 0.29) is 0 Å². The van der Waals surface area contributed by atoms with Crippen LogP contribution in [0.3, 0.4) is 0 Å². The smallest absolute Gasteiger partial charge is 0.408 e.